The van der Waals surface area contributed by atoms with Gasteiger partial charge in [-0.25, -0.2) is 17.6 Å². The summed E-state index contributed by atoms with van der Waals surface area (Å²) in [6.45, 7) is 2.65. The van der Waals surface area contributed by atoms with Gasteiger partial charge in [0.05, 0.1) is 25.4 Å². The number of nitrogens with one attached hydrogen (secondary N) is 3. The van der Waals surface area contributed by atoms with Crippen LogP contribution < -0.4 is 16.0 Å². The standard InChI is InChI=1S/C76H117F10N13O12/c1-12-44(3)62-70(109)92(7)43-60(102)94(9)54-22-15-14-18-33-98(69(54)108)57(38-45-23-26-48(27-24-45)75(81,82)83)68(107)91(6)42-58(100)87-52(28-25-46-36-50(77)61(51(78)37-46)76(84,85)86)66(105)99-41-49(97-34-31-74(79,80)32-35-97)39-55(99)65(104)89-73(29-19-30-73)72(111)96(11)63(47-20-16-17-21-47)71(110)95(10)56(67(106)90(4)5)40-59(101)93(8)53(13-2)64(103)88-62/h44-57,61-63H,12-43H2,1-11H3,(H,87,100)(H,88,103)(H,89,104)/t44-,45?,46?,48?,49+,50?,51?,52-,53-,54-,55-,56-,57-,61?,62-,63-/m0/s1. The zero-order valence-electron chi connectivity index (χ0n) is 66.1. The molecule has 628 valence electrons. The largest absolute Gasteiger partial charge is 0.397 e. The predicted octanol–water partition coefficient (Wildman–Crippen LogP) is 6.63. The highest BCUT2D eigenvalue weighted by molar-refractivity contribution is 6.01. The van der Waals surface area contributed by atoms with Crippen molar-refractivity contribution in [3.63, 3.8) is 0 Å². The molecule has 12 amide bonds. The Morgan fingerprint density at radius 1 is 0.577 bits per heavy atom. The molecule has 8 fully saturated rings. The number of piperidine rings is 1. The first-order valence-electron chi connectivity index (χ1n) is 39.8. The van der Waals surface area contributed by atoms with Crippen LogP contribution in [-0.2, 0) is 57.5 Å². The Morgan fingerprint density at radius 2 is 1.18 bits per heavy atom. The maximum absolute atomic E-state index is 15.8. The third kappa shape index (κ3) is 21.3. The summed E-state index contributed by atoms with van der Waals surface area (Å²) in [6, 6.07) is -12.4. The molecular formula is C76H117F10N13O12. The highest BCUT2D eigenvalue weighted by Crippen LogP contribution is 2.46. The quantitative estimate of drug-likeness (QED) is 0.184. The maximum atomic E-state index is 15.8. The summed E-state index contributed by atoms with van der Waals surface area (Å²) < 4.78 is 146. The molecule has 35 heteroatoms. The molecule has 2 unspecified atom stereocenters. The van der Waals surface area contributed by atoms with Gasteiger partial charge in [0.25, 0.3) is 5.92 Å². The third-order valence-electron chi connectivity index (χ3n) is 25.6. The van der Waals surface area contributed by atoms with Crippen LogP contribution in [0.25, 0.3) is 0 Å². The van der Waals surface area contributed by atoms with E-state index in [9.17, 15) is 63.9 Å². The summed E-state index contributed by atoms with van der Waals surface area (Å²) in [6.07, 6.45) is -16.6. The van der Waals surface area contributed by atoms with Crippen molar-refractivity contribution >= 4 is 70.9 Å². The van der Waals surface area contributed by atoms with Crippen LogP contribution in [0.3, 0.4) is 0 Å². The Bertz CT molecular complexity index is 3320. The van der Waals surface area contributed by atoms with Crippen molar-refractivity contribution in [2.75, 3.05) is 95.6 Å². The third-order valence-corrected chi connectivity index (χ3v) is 25.6. The van der Waals surface area contributed by atoms with E-state index in [1.165, 1.54) is 71.1 Å². The molecule has 3 N–H and O–H groups in total. The van der Waals surface area contributed by atoms with Crippen LogP contribution in [0, 0.1) is 35.5 Å². The topological polar surface area (TPSA) is 273 Å². The highest BCUT2D eigenvalue weighted by Gasteiger charge is 2.57. The van der Waals surface area contributed by atoms with Crippen LogP contribution in [0.2, 0.25) is 0 Å². The van der Waals surface area contributed by atoms with E-state index in [0.29, 0.717) is 57.8 Å². The molecule has 25 nitrogen and oxygen atoms in total. The van der Waals surface area contributed by atoms with Crippen LogP contribution in [0.1, 0.15) is 188 Å². The van der Waals surface area contributed by atoms with E-state index in [0.717, 1.165) is 29.4 Å². The Hall–Kier alpha value is -7.10. The molecule has 12 atom stereocenters. The molecule has 0 aromatic rings. The maximum Gasteiger partial charge on any atom is 0.397 e. The summed E-state index contributed by atoms with van der Waals surface area (Å²) >= 11 is 0. The highest BCUT2D eigenvalue weighted by atomic mass is 19.4. The molecule has 2 bridgehead atoms. The lowest BCUT2D eigenvalue weighted by Crippen LogP contribution is -2.68. The Morgan fingerprint density at radius 3 is 1.74 bits per heavy atom. The van der Waals surface area contributed by atoms with E-state index in [4.69, 9.17) is 0 Å². The van der Waals surface area contributed by atoms with Crippen molar-refractivity contribution in [2.45, 2.75) is 278 Å². The van der Waals surface area contributed by atoms with Gasteiger partial charge >= 0.3 is 12.4 Å². The lowest BCUT2D eigenvalue weighted by atomic mass is 9.74. The minimum absolute atomic E-state index is 0.00223. The number of halogens is 10. The zero-order chi connectivity index (χ0) is 82.3. The zero-order valence-corrected chi connectivity index (χ0v) is 66.1. The fraction of sp³-hybridized carbons (Fsp3) is 0.842. The Labute approximate surface area is 644 Å². The van der Waals surface area contributed by atoms with Crippen molar-refractivity contribution in [3.8, 4) is 0 Å². The number of alkyl halides is 10. The minimum Gasteiger partial charge on any atom is -0.347 e. The van der Waals surface area contributed by atoms with E-state index >= 15 is 37.5 Å². The van der Waals surface area contributed by atoms with E-state index in [1.807, 2.05) is 0 Å². The molecule has 0 aromatic heterocycles. The summed E-state index contributed by atoms with van der Waals surface area (Å²) in [5.41, 5.74) is -1.77. The van der Waals surface area contributed by atoms with E-state index in [2.05, 4.69) is 16.0 Å². The Balaban J connectivity index is 1.21. The molecule has 4 saturated heterocycles. The van der Waals surface area contributed by atoms with Crippen LogP contribution in [0.4, 0.5) is 43.9 Å². The van der Waals surface area contributed by atoms with Gasteiger partial charge in [0.15, 0.2) is 0 Å². The second-order valence-corrected chi connectivity index (χ2v) is 33.3. The van der Waals surface area contributed by atoms with Gasteiger partial charge in [-0.1, -0.05) is 52.9 Å². The number of nitrogens with zero attached hydrogens (tertiary/aromatic N) is 10. The normalized spacial score (nSPS) is 32.7. The molecule has 4 saturated carbocycles. The number of hydrogen-bond donors (Lipinski definition) is 3. The number of amides is 12. The molecule has 0 radical (unpaired) electrons. The van der Waals surface area contributed by atoms with Gasteiger partial charge in [-0.3, -0.25) is 62.4 Å². The van der Waals surface area contributed by atoms with E-state index in [1.54, 1.807) is 25.7 Å². The molecule has 8 rings (SSSR count). The van der Waals surface area contributed by atoms with Gasteiger partial charge in [-0.05, 0) is 139 Å². The Kier molecular flexibility index (Phi) is 30.2. The van der Waals surface area contributed by atoms with Crippen molar-refractivity contribution in [3.05, 3.63) is 0 Å². The fourth-order valence-electron chi connectivity index (χ4n) is 18.2. The summed E-state index contributed by atoms with van der Waals surface area (Å²) in [5.74, 6) is -20.4. The number of likely N-dealkylation sites (tertiary alicyclic amines) is 1. The number of carbonyl (C=O) groups excluding carboxylic acids is 12. The van der Waals surface area contributed by atoms with Crippen molar-refractivity contribution in [2.24, 2.45) is 35.5 Å². The first-order chi connectivity index (χ1) is 51.9. The molecular weight excluding hydrogens is 1480 g/mol. The fourth-order valence-corrected chi connectivity index (χ4v) is 18.2. The molecule has 4 heterocycles. The van der Waals surface area contributed by atoms with Gasteiger partial charge < -0.3 is 60.0 Å². The SMILES string of the molecule is CC[C@H](C)[C@@H]1NC(=O)[C@H](CC)N(C)C(=O)C[C@@H](C(=O)N(C)C)N(C)C(=O)[C@H](C2CCCC2)N(C)C(=O)C2(CCC2)NC(=O)[C@@H]2C[C@@H](N3CCC(F)(F)CC3)CN2C(=O)[C@H](CCC2CC(F)C(C(F)(F)F)C(F)C2)NC(=O)CN(C)C(=O)[C@H](CC2CCC(C(F)(F)F)CC2)N2CCCCC[C@@H](C2=O)N(C)C(=O)CN(C)C1=O. The smallest absolute Gasteiger partial charge is 0.347 e. The van der Waals surface area contributed by atoms with Crippen molar-refractivity contribution < 1.29 is 101 Å². The summed E-state index contributed by atoms with van der Waals surface area (Å²) in [4.78, 5) is 193. The van der Waals surface area contributed by atoms with E-state index < -0.39 is 249 Å². The number of carbonyl (C=O) groups is 12. The lowest BCUT2D eigenvalue weighted by molar-refractivity contribution is -0.219. The number of hydrogen-bond acceptors (Lipinski definition) is 13. The van der Waals surface area contributed by atoms with Crippen LogP contribution in [0.15, 0.2) is 0 Å². The van der Waals surface area contributed by atoms with Crippen molar-refractivity contribution in [1.82, 2.24) is 64.9 Å². The van der Waals surface area contributed by atoms with Crippen LogP contribution in [-0.4, -0.2) is 306 Å². The summed E-state index contributed by atoms with van der Waals surface area (Å²) in [7, 11) is 10.7. The average Bonchev–Trinajstić information content (AvgIpc) is 1.73. The molecule has 0 aromatic carbocycles. The van der Waals surface area contributed by atoms with E-state index in [-0.39, 0.29) is 96.8 Å². The molecule has 4 aliphatic carbocycles. The van der Waals surface area contributed by atoms with Crippen LogP contribution in [0.5, 0.6) is 0 Å². The first kappa shape index (κ1) is 89.5. The average molecular weight is 1590 g/mol. The monoisotopic (exact) mass is 1590 g/mol. The lowest BCUT2D eigenvalue weighted by Gasteiger charge is -2.46. The number of rotatable bonds is 11. The number of fused-ring (bicyclic) bond motifs is 3. The molecule has 1 spiro atoms. The van der Waals surface area contributed by atoms with Crippen LogP contribution >= 0.6 is 0 Å². The van der Waals surface area contributed by atoms with Gasteiger partial charge in [-0.15, -0.1) is 0 Å². The van der Waals surface area contributed by atoms with Crippen molar-refractivity contribution in [1.29, 1.82) is 0 Å². The second kappa shape index (κ2) is 37.5. The van der Waals surface area contributed by atoms with Gasteiger partial charge in [0.2, 0.25) is 70.9 Å². The molecule has 4 aliphatic heterocycles. The summed E-state index contributed by atoms with van der Waals surface area (Å²) in [5, 5.41) is 8.33. The number of likely N-dealkylation sites (N-methyl/N-ethyl adjacent to an activating group) is 7. The van der Waals surface area contributed by atoms with Gasteiger partial charge in [0, 0.05) is 101 Å². The minimum atomic E-state index is -5.25. The molecule has 8 aliphatic rings. The van der Waals surface area contributed by atoms with Gasteiger partial charge in [-0.2, -0.15) is 26.3 Å². The first-order valence-corrected chi connectivity index (χ1v) is 39.8. The second-order valence-electron chi connectivity index (χ2n) is 33.3. The van der Waals surface area contributed by atoms with Gasteiger partial charge in [0.1, 0.15) is 72.1 Å². The molecule has 111 heavy (non-hydrogen) atoms. The predicted molar refractivity (Wildman–Crippen MR) is 386 cm³/mol.